The third-order valence-electron chi connectivity index (χ3n) is 4.89. The molecular weight excluding hydrogens is 370 g/mol. The van der Waals surface area contributed by atoms with Crippen molar-refractivity contribution in [2.45, 2.75) is 37.1 Å². The lowest BCUT2D eigenvalue weighted by molar-refractivity contribution is -0.895. The number of thiophene rings is 1. The molecule has 0 aliphatic carbocycles. The second kappa shape index (κ2) is 7.67. The lowest BCUT2D eigenvalue weighted by Gasteiger charge is -2.19. The van der Waals surface area contributed by atoms with Gasteiger partial charge in [0.05, 0.1) is 35.7 Å². The Labute approximate surface area is 160 Å². The number of nitrogens with one attached hydrogen (secondary N) is 2. The van der Waals surface area contributed by atoms with Crippen molar-refractivity contribution in [3.05, 3.63) is 10.4 Å². The minimum atomic E-state index is -0.0246. The average molecular weight is 395 g/mol. The first-order chi connectivity index (χ1) is 12.6. The quantitative estimate of drug-likeness (QED) is 0.497. The summed E-state index contributed by atoms with van der Waals surface area (Å²) in [6.45, 7) is 3.50. The van der Waals surface area contributed by atoms with Crippen LogP contribution in [-0.2, 0) is 22.5 Å². The van der Waals surface area contributed by atoms with Crippen molar-refractivity contribution in [1.29, 1.82) is 0 Å². The summed E-state index contributed by atoms with van der Waals surface area (Å²) in [6.07, 6.45) is 3.27. The Hall–Kier alpha value is -1.42. The zero-order valence-corrected chi connectivity index (χ0v) is 16.5. The predicted molar refractivity (Wildman–Crippen MR) is 104 cm³/mol. The fourth-order valence-electron chi connectivity index (χ4n) is 3.50. The highest BCUT2D eigenvalue weighted by Gasteiger charge is 2.24. The van der Waals surface area contributed by atoms with Gasteiger partial charge in [-0.05, 0) is 18.4 Å². The monoisotopic (exact) mass is 394 g/mol. The Balaban J connectivity index is 1.41. The number of nitrogens with zero attached hydrogens (tertiary/aromatic N) is 2. The molecule has 0 bridgehead atoms. The maximum Gasteiger partial charge on any atom is 0.230 e. The van der Waals surface area contributed by atoms with Gasteiger partial charge >= 0.3 is 0 Å². The standard InChI is InChI=1S/C17H23N5O2S2/c1-22-5-4-11-12(8-22)26-16-14(11)15(18)20-17(21-16)25-9-13(23)19-7-10-3-2-6-24-10/h10H,2-9H2,1H3,(H,19,23)(H2,18,20,21)/p+1/t10-/m0/s1. The molecule has 0 spiro atoms. The van der Waals surface area contributed by atoms with Crippen molar-refractivity contribution in [1.82, 2.24) is 15.3 Å². The molecule has 0 aromatic carbocycles. The Morgan fingerprint density at radius 1 is 1.50 bits per heavy atom. The molecule has 140 valence electrons. The second-order valence-corrected chi connectivity index (χ2v) is 8.96. The minimum Gasteiger partial charge on any atom is -0.383 e. The Morgan fingerprint density at radius 3 is 3.19 bits per heavy atom. The molecule has 1 amide bonds. The van der Waals surface area contributed by atoms with Crippen LogP contribution in [-0.4, -0.2) is 54.5 Å². The molecule has 0 saturated carbocycles. The first-order valence-corrected chi connectivity index (χ1v) is 10.8. The van der Waals surface area contributed by atoms with Gasteiger partial charge in [-0.25, -0.2) is 9.97 Å². The molecular formula is C17H24N5O2S2+. The number of nitrogens with two attached hydrogens (primary N) is 1. The van der Waals surface area contributed by atoms with E-state index < -0.39 is 0 Å². The molecule has 26 heavy (non-hydrogen) atoms. The van der Waals surface area contributed by atoms with E-state index in [2.05, 4.69) is 22.3 Å². The number of ether oxygens (including phenoxy) is 1. The van der Waals surface area contributed by atoms with Crippen molar-refractivity contribution >= 4 is 45.0 Å². The van der Waals surface area contributed by atoms with E-state index in [0.717, 1.165) is 49.2 Å². The van der Waals surface area contributed by atoms with Crippen molar-refractivity contribution in [3.8, 4) is 0 Å². The number of carbonyl (C=O) groups excluding carboxylic acids is 1. The van der Waals surface area contributed by atoms with Gasteiger partial charge in [0.15, 0.2) is 5.16 Å². The smallest absolute Gasteiger partial charge is 0.230 e. The number of nitrogen functional groups attached to an aromatic ring is 1. The number of hydrogen-bond acceptors (Lipinski definition) is 7. The van der Waals surface area contributed by atoms with E-state index >= 15 is 0 Å². The van der Waals surface area contributed by atoms with E-state index in [1.165, 1.54) is 27.1 Å². The molecule has 2 aliphatic rings. The van der Waals surface area contributed by atoms with Gasteiger partial charge in [-0.2, -0.15) is 0 Å². The van der Waals surface area contributed by atoms with Gasteiger partial charge < -0.3 is 20.7 Å². The summed E-state index contributed by atoms with van der Waals surface area (Å²) in [5.41, 5.74) is 7.54. The lowest BCUT2D eigenvalue weighted by Crippen LogP contribution is -3.08. The van der Waals surface area contributed by atoms with E-state index in [1.807, 2.05) is 0 Å². The second-order valence-electron chi connectivity index (χ2n) is 6.94. The van der Waals surface area contributed by atoms with Crippen LogP contribution in [0.25, 0.3) is 10.2 Å². The highest BCUT2D eigenvalue weighted by Crippen LogP contribution is 2.35. The summed E-state index contributed by atoms with van der Waals surface area (Å²) in [4.78, 5) is 24.9. The first-order valence-electron chi connectivity index (χ1n) is 9.00. The third-order valence-corrected chi connectivity index (χ3v) is 6.86. The fraction of sp³-hybridized carbons (Fsp3) is 0.588. The van der Waals surface area contributed by atoms with Crippen LogP contribution in [0.2, 0.25) is 0 Å². The zero-order chi connectivity index (χ0) is 18.1. The molecule has 9 heteroatoms. The van der Waals surface area contributed by atoms with Crippen molar-refractivity contribution < 1.29 is 14.4 Å². The fourth-order valence-corrected chi connectivity index (χ4v) is 5.58. The van der Waals surface area contributed by atoms with Gasteiger partial charge in [-0.3, -0.25) is 4.79 Å². The Morgan fingerprint density at radius 2 is 2.38 bits per heavy atom. The Kier molecular flexibility index (Phi) is 5.30. The number of aromatic nitrogens is 2. The molecule has 4 heterocycles. The largest absolute Gasteiger partial charge is 0.383 e. The number of quaternary nitrogens is 1. The van der Waals surface area contributed by atoms with Gasteiger partial charge in [-0.1, -0.05) is 11.8 Å². The topological polar surface area (TPSA) is 94.6 Å². The summed E-state index contributed by atoms with van der Waals surface area (Å²) in [7, 11) is 2.21. The van der Waals surface area contributed by atoms with Crippen LogP contribution in [0.4, 0.5) is 5.82 Å². The highest BCUT2D eigenvalue weighted by atomic mass is 32.2. The SMILES string of the molecule is C[NH+]1CCc2c(sc3nc(SCC(=O)NC[C@@H]4CCCO4)nc(N)c23)C1. The van der Waals surface area contributed by atoms with Gasteiger partial charge in [-0.15, -0.1) is 11.3 Å². The van der Waals surface area contributed by atoms with Crippen LogP contribution in [0.15, 0.2) is 5.16 Å². The van der Waals surface area contributed by atoms with Crippen LogP contribution in [0.5, 0.6) is 0 Å². The van der Waals surface area contributed by atoms with E-state index in [1.54, 1.807) is 11.3 Å². The van der Waals surface area contributed by atoms with Crippen LogP contribution in [0.1, 0.15) is 23.3 Å². The molecule has 2 aliphatic heterocycles. The molecule has 1 fully saturated rings. The van der Waals surface area contributed by atoms with Gasteiger partial charge in [0.2, 0.25) is 5.91 Å². The van der Waals surface area contributed by atoms with E-state index in [0.29, 0.717) is 17.5 Å². The zero-order valence-electron chi connectivity index (χ0n) is 14.8. The molecule has 2 aromatic rings. The van der Waals surface area contributed by atoms with E-state index in [-0.39, 0.29) is 17.8 Å². The van der Waals surface area contributed by atoms with Crippen LogP contribution in [0.3, 0.4) is 0 Å². The van der Waals surface area contributed by atoms with Gasteiger partial charge in [0.25, 0.3) is 0 Å². The summed E-state index contributed by atoms with van der Waals surface area (Å²) >= 11 is 3.04. The number of carbonyl (C=O) groups is 1. The maximum absolute atomic E-state index is 12.0. The number of hydrogen-bond donors (Lipinski definition) is 3. The molecule has 4 N–H and O–H groups in total. The van der Waals surface area contributed by atoms with Crippen molar-refractivity contribution in [3.63, 3.8) is 0 Å². The summed E-state index contributed by atoms with van der Waals surface area (Å²) in [5, 5.41) is 4.51. The average Bonchev–Trinajstić information content (AvgIpc) is 3.24. The summed E-state index contributed by atoms with van der Waals surface area (Å²) < 4.78 is 5.51. The molecule has 2 aromatic heterocycles. The molecule has 7 nitrogen and oxygen atoms in total. The molecule has 1 saturated heterocycles. The number of amides is 1. The lowest BCUT2D eigenvalue weighted by atomic mass is 10.1. The Bertz CT molecular complexity index is 819. The molecule has 2 atom stereocenters. The number of fused-ring (bicyclic) bond motifs is 3. The molecule has 4 rings (SSSR count). The normalized spacial score (nSPS) is 22.5. The van der Waals surface area contributed by atoms with Crippen molar-refractivity contribution in [2.75, 3.05) is 38.2 Å². The van der Waals surface area contributed by atoms with E-state index in [4.69, 9.17) is 10.5 Å². The highest BCUT2D eigenvalue weighted by molar-refractivity contribution is 7.99. The first kappa shape index (κ1) is 18.0. The molecule has 1 unspecified atom stereocenters. The number of thioether (sulfide) groups is 1. The maximum atomic E-state index is 12.0. The summed E-state index contributed by atoms with van der Waals surface area (Å²) in [5.74, 6) is 0.799. The number of anilines is 1. The summed E-state index contributed by atoms with van der Waals surface area (Å²) in [6, 6.07) is 0. The van der Waals surface area contributed by atoms with Gasteiger partial charge in [0, 0.05) is 19.6 Å². The predicted octanol–water partition coefficient (Wildman–Crippen LogP) is 0.232. The van der Waals surface area contributed by atoms with Crippen LogP contribution >= 0.6 is 23.1 Å². The number of rotatable bonds is 5. The minimum absolute atomic E-state index is 0.0246. The third kappa shape index (κ3) is 3.80. The van der Waals surface area contributed by atoms with Crippen molar-refractivity contribution in [2.24, 2.45) is 0 Å². The van der Waals surface area contributed by atoms with Gasteiger partial charge in [0.1, 0.15) is 17.2 Å². The van der Waals surface area contributed by atoms with E-state index in [9.17, 15) is 4.79 Å². The molecule has 0 radical (unpaired) electrons. The van der Waals surface area contributed by atoms with Crippen LogP contribution < -0.4 is 16.0 Å². The number of likely N-dealkylation sites (N-methyl/N-ethyl adjacent to an activating group) is 1. The van der Waals surface area contributed by atoms with Crippen LogP contribution in [0, 0.1) is 0 Å².